The molecule has 5 nitrogen and oxygen atoms in total. The first-order chi connectivity index (χ1) is 11.3. The second-order valence-corrected chi connectivity index (χ2v) is 6.01. The standard InChI is InChI=1S/C19H22O5/c1-6-7-12-10-16(20)24-18-13(8-9-19(2,3)21)14(22-4)11-15(23-5)17(12)18/h10-11,21H,6-7H2,1-5H3. The number of hydrogen-bond acceptors (Lipinski definition) is 5. The van der Waals surface area contributed by atoms with E-state index >= 15 is 0 Å². The van der Waals surface area contributed by atoms with Gasteiger partial charge in [-0.3, -0.25) is 0 Å². The van der Waals surface area contributed by atoms with Gasteiger partial charge in [0.2, 0.25) is 0 Å². The van der Waals surface area contributed by atoms with Gasteiger partial charge in [0, 0.05) is 12.1 Å². The van der Waals surface area contributed by atoms with Crippen LogP contribution in [0.15, 0.2) is 21.3 Å². The van der Waals surface area contributed by atoms with Gasteiger partial charge in [-0.25, -0.2) is 4.79 Å². The molecule has 1 N–H and O–H groups in total. The largest absolute Gasteiger partial charge is 0.496 e. The first kappa shape index (κ1) is 17.9. The lowest BCUT2D eigenvalue weighted by atomic mass is 10.0. The van der Waals surface area contributed by atoms with E-state index in [2.05, 4.69) is 11.8 Å². The number of rotatable bonds is 4. The van der Waals surface area contributed by atoms with Gasteiger partial charge in [-0.05, 0) is 25.8 Å². The van der Waals surface area contributed by atoms with E-state index in [0.717, 1.165) is 12.0 Å². The third-order valence-corrected chi connectivity index (χ3v) is 3.48. The molecule has 1 heterocycles. The molecule has 2 rings (SSSR count). The van der Waals surface area contributed by atoms with Gasteiger partial charge < -0.3 is 19.0 Å². The van der Waals surface area contributed by atoms with E-state index in [-0.39, 0.29) is 0 Å². The number of aliphatic hydroxyl groups is 1. The van der Waals surface area contributed by atoms with Crippen molar-refractivity contribution in [2.24, 2.45) is 0 Å². The van der Waals surface area contributed by atoms with Crippen LogP contribution < -0.4 is 15.1 Å². The zero-order valence-corrected chi connectivity index (χ0v) is 14.6. The molecule has 5 heteroatoms. The van der Waals surface area contributed by atoms with Crippen molar-refractivity contribution in [3.63, 3.8) is 0 Å². The first-order valence-corrected chi connectivity index (χ1v) is 7.78. The lowest BCUT2D eigenvalue weighted by molar-refractivity contribution is 0.143. The summed E-state index contributed by atoms with van der Waals surface area (Å²) < 4.78 is 16.3. The summed E-state index contributed by atoms with van der Waals surface area (Å²) in [4.78, 5) is 12.0. The maximum atomic E-state index is 12.0. The Balaban J connectivity index is 2.94. The zero-order valence-electron chi connectivity index (χ0n) is 14.6. The average molecular weight is 330 g/mol. The number of aryl methyl sites for hydroxylation is 1. The van der Waals surface area contributed by atoms with Crippen molar-refractivity contribution in [1.29, 1.82) is 0 Å². The molecule has 0 aliphatic heterocycles. The molecule has 0 fully saturated rings. The van der Waals surface area contributed by atoms with Crippen LogP contribution in [0.4, 0.5) is 0 Å². The minimum atomic E-state index is -1.18. The van der Waals surface area contributed by atoms with Crippen LogP contribution in [0.1, 0.15) is 38.3 Å². The van der Waals surface area contributed by atoms with Gasteiger partial charge in [0.25, 0.3) is 0 Å². The molecule has 2 aromatic rings. The van der Waals surface area contributed by atoms with E-state index in [0.29, 0.717) is 34.5 Å². The maximum absolute atomic E-state index is 12.0. The molecule has 0 saturated heterocycles. The highest BCUT2D eigenvalue weighted by Crippen LogP contribution is 2.37. The summed E-state index contributed by atoms with van der Waals surface area (Å²) in [5, 5.41) is 10.6. The van der Waals surface area contributed by atoms with Gasteiger partial charge in [0.05, 0.1) is 19.6 Å². The minimum Gasteiger partial charge on any atom is -0.496 e. The van der Waals surface area contributed by atoms with Crippen LogP contribution in [0.2, 0.25) is 0 Å². The molecule has 0 unspecified atom stereocenters. The molecule has 1 aromatic carbocycles. The summed E-state index contributed by atoms with van der Waals surface area (Å²) in [6.07, 6.45) is 1.58. The van der Waals surface area contributed by atoms with Crippen molar-refractivity contribution >= 4 is 11.0 Å². The van der Waals surface area contributed by atoms with Crippen LogP contribution in [0, 0.1) is 11.8 Å². The summed E-state index contributed by atoms with van der Waals surface area (Å²) in [6, 6.07) is 3.20. The lowest BCUT2D eigenvalue weighted by Gasteiger charge is -2.14. The molecule has 0 aliphatic rings. The van der Waals surface area contributed by atoms with Gasteiger partial charge >= 0.3 is 5.63 Å². The fourth-order valence-electron chi connectivity index (χ4n) is 2.49. The smallest absolute Gasteiger partial charge is 0.336 e. The van der Waals surface area contributed by atoms with Crippen LogP contribution in [0.5, 0.6) is 11.5 Å². The van der Waals surface area contributed by atoms with E-state index in [1.807, 2.05) is 6.92 Å². The molecule has 0 radical (unpaired) electrons. The number of ether oxygens (including phenoxy) is 2. The van der Waals surface area contributed by atoms with Gasteiger partial charge in [0.1, 0.15) is 22.7 Å². The fraction of sp³-hybridized carbons (Fsp3) is 0.421. The molecule has 0 amide bonds. The zero-order chi connectivity index (χ0) is 17.9. The number of benzene rings is 1. The highest BCUT2D eigenvalue weighted by molar-refractivity contribution is 5.93. The molecule has 128 valence electrons. The summed E-state index contributed by atoms with van der Waals surface area (Å²) in [5.74, 6) is 6.60. The topological polar surface area (TPSA) is 68.9 Å². The van der Waals surface area contributed by atoms with Gasteiger partial charge in [0.15, 0.2) is 5.58 Å². The SMILES string of the molecule is CCCc1cc(=O)oc2c(C#CC(C)(C)O)c(OC)cc(OC)c12. The van der Waals surface area contributed by atoms with Crippen molar-refractivity contribution in [2.45, 2.75) is 39.2 Å². The van der Waals surface area contributed by atoms with Crippen molar-refractivity contribution < 1.29 is 19.0 Å². The summed E-state index contributed by atoms with van der Waals surface area (Å²) in [7, 11) is 3.06. The van der Waals surface area contributed by atoms with E-state index in [1.54, 1.807) is 27.0 Å². The Bertz CT molecular complexity index is 860. The second kappa shape index (κ2) is 6.98. The Morgan fingerprint density at radius 2 is 1.88 bits per heavy atom. The van der Waals surface area contributed by atoms with E-state index in [4.69, 9.17) is 13.9 Å². The third kappa shape index (κ3) is 3.72. The predicted octanol–water partition coefficient (Wildman–Crippen LogP) is 2.89. The lowest BCUT2D eigenvalue weighted by Crippen LogP contribution is -2.14. The molecule has 0 bridgehead atoms. The second-order valence-electron chi connectivity index (χ2n) is 6.01. The fourth-order valence-corrected chi connectivity index (χ4v) is 2.49. The quantitative estimate of drug-likeness (QED) is 0.689. The van der Waals surface area contributed by atoms with Crippen LogP contribution in [-0.2, 0) is 6.42 Å². The minimum absolute atomic E-state index is 0.318. The maximum Gasteiger partial charge on any atom is 0.336 e. The predicted molar refractivity (Wildman–Crippen MR) is 92.8 cm³/mol. The first-order valence-electron chi connectivity index (χ1n) is 7.78. The van der Waals surface area contributed by atoms with E-state index in [1.165, 1.54) is 13.2 Å². The van der Waals surface area contributed by atoms with Crippen LogP contribution in [-0.4, -0.2) is 24.9 Å². The monoisotopic (exact) mass is 330 g/mol. The van der Waals surface area contributed by atoms with Gasteiger partial charge in [-0.15, -0.1) is 0 Å². The molecular formula is C19H22O5. The normalized spacial score (nSPS) is 11.1. The van der Waals surface area contributed by atoms with Crippen LogP contribution in [0.3, 0.4) is 0 Å². The molecule has 1 aromatic heterocycles. The van der Waals surface area contributed by atoms with Gasteiger partial charge in [-0.1, -0.05) is 25.2 Å². The summed E-state index contributed by atoms with van der Waals surface area (Å²) in [6.45, 7) is 5.19. The summed E-state index contributed by atoms with van der Waals surface area (Å²) in [5.41, 5.74) is -0.0509. The molecule has 0 aliphatic carbocycles. The third-order valence-electron chi connectivity index (χ3n) is 3.48. The van der Waals surface area contributed by atoms with Crippen LogP contribution >= 0.6 is 0 Å². The number of hydrogen-bond donors (Lipinski definition) is 1. The Kier molecular flexibility index (Phi) is 5.20. The molecular weight excluding hydrogens is 308 g/mol. The van der Waals surface area contributed by atoms with Gasteiger partial charge in [-0.2, -0.15) is 0 Å². The Hall–Kier alpha value is -2.45. The molecule has 0 saturated carbocycles. The average Bonchev–Trinajstić information content (AvgIpc) is 2.51. The summed E-state index contributed by atoms with van der Waals surface area (Å²) >= 11 is 0. The number of fused-ring (bicyclic) bond motifs is 1. The Morgan fingerprint density at radius 1 is 1.21 bits per heavy atom. The van der Waals surface area contributed by atoms with E-state index in [9.17, 15) is 9.90 Å². The Morgan fingerprint density at radius 3 is 2.42 bits per heavy atom. The Labute approximate surface area is 141 Å². The highest BCUT2D eigenvalue weighted by atomic mass is 16.5. The van der Waals surface area contributed by atoms with E-state index < -0.39 is 11.2 Å². The van der Waals surface area contributed by atoms with Crippen LogP contribution in [0.25, 0.3) is 11.0 Å². The molecule has 24 heavy (non-hydrogen) atoms. The highest BCUT2D eigenvalue weighted by Gasteiger charge is 2.19. The molecule has 0 atom stereocenters. The van der Waals surface area contributed by atoms with Crippen molar-refractivity contribution in [2.75, 3.05) is 14.2 Å². The van der Waals surface area contributed by atoms with Crippen molar-refractivity contribution in [3.8, 4) is 23.3 Å². The number of methoxy groups -OCH3 is 2. The van der Waals surface area contributed by atoms with Crippen molar-refractivity contribution in [3.05, 3.63) is 33.7 Å². The molecule has 0 spiro atoms. The van der Waals surface area contributed by atoms with Crippen molar-refractivity contribution in [1.82, 2.24) is 0 Å².